The molecule has 6 nitrogen and oxygen atoms in total. The fourth-order valence-corrected chi connectivity index (χ4v) is 2.19. The second kappa shape index (κ2) is 8.43. The smallest absolute Gasteiger partial charge is 0.416 e. The fourth-order valence-electron chi connectivity index (χ4n) is 2.19. The molecule has 144 valence electrons. The number of amides is 1. The van der Waals surface area contributed by atoms with E-state index in [9.17, 15) is 18.0 Å². The van der Waals surface area contributed by atoms with Crippen LogP contribution in [0.1, 0.15) is 21.5 Å². The third-order valence-electron chi connectivity index (χ3n) is 3.58. The van der Waals surface area contributed by atoms with Gasteiger partial charge in [0.05, 0.1) is 33.1 Å². The van der Waals surface area contributed by atoms with E-state index >= 15 is 0 Å². The lowest BCUT2D eigenvalue weighted by atomic mass is 10.1. The molecule has 0 aliphatic heterocycles. The third kappa shape index (κ3) is 4.90. The molecule has 0 aliphatic carbocycles. The van der Waals surface area contributed by atoms with E-state index < -0.39 is 17.6 Å². The number of carbonyl (C=O) groups is 1. The molecule has 0 saturated heterocycles. The molecule has 0 heterocycles. The topological polar surface area (TPSA) is 69.2 Å². The van der Waals surface area contributed by atoms with E-state index in [0.717, 1.165) is 24.3 Å². The quantitative estimate of drug-likeness (QED) is 0.613. The molecule has 0 radical (unpaired) electrons. The normalized spacial score (nSPS) is 11.3. The van der Waals surface area contributed by atoms with Crippen LogP contribution in [-0.4, -0.2) is 33.5 Å². The van der Waals surface area contributed by atoms with E-state index in [1.165, 1.54) is 27.5 Å². The minimum absolute atomic E-state index is 0.0411. The Morgan fingerprint density at radius 3 is 2.04 bits per heavy atom. The molecular weight excluding hydrogens is 365 g/mol. The molecule has 0 unspecified atom stereocenters. The molecular formula is C18H17F3N2O4. The molecule has 2 aromatic rings. The Kier molecular flexibility index (Phi) is 6.27. The molecule has 0 aromatic heterocycles. The van der Waals surface area contributed by atoms with Crippen LogP contribution in [0.15, 0.2) is 41.5 Å². The van der Waals surface area contributed by atoms with E-state index in [-0.39, 0.29) is 5.56 Å². The number of hydrazone groups is 1. The van der Waals surface area contributed by atoms with Gasteiger partial charge in [-0.05, 0) is 30.3 Å². The predicted molar refractivity (Wildman–Crippen MR) is 92.6 cm³/mol. The van der Waals surface area contributed by atoms with E-state index in [1.54, 1.807) is 12.1 Å². The number of nitrogens with zero attached hydrogens (tertiary/aromatic N) is 1. The Balaban J connectivity index is 2.14. The van der Waals surface area contributed by atoms with Gasteiger partial charge in [0.25, 0.3) is 5.91 Å². The predicted octanol–water partition coefficient (Wildman–Crippen LogP) is 3.50. The molecule has 1 N–H and O–H groups in total. The number of benzene rings is 2. The zero-order chi connectivity index (χ0) is 20.0. The van der Waals surface area contributed by atoms with Gasteiger partial charge in [-0.1, -0.05) is 0 Å². The minimum Gasteiger partial charge on any atom is -0.496 e. The highest BCUT2D eigenvalue weighted by Crippen LogP contribution is 2.33. The van der Waals surface area contributed by atoms with E-state index in [2.05, 4.69) is 10.5 Å². The molecule has 0 aliphatic rings. The summed E-state index contributed by atoms with van der Waals surface area (Å²) in [6, 6.07) is 7.00. The van der Waals surface area contributed by atoms with Crippen LogP contribution < -0.4 is 19.6 Å². The van der Waals surface area contributed by atoms with Crippen molar-refractivity contribution < 1.29 is 32.2 Å². The first kappa shape index (κ1) is 20.1. The van der Waals surface area contributed by atoms with Crippen molar-refractivity contribution in [3.63, 3.8) is 0 Å². The van der Waals surface area contributed by atoms with Gasteiger partial charge in [0.2, 0.25) is 0 Å². The zero-order valence-electron chi connectivity index (χ0n) is 14.8. The second-order valence-corrected chi connectivity index (χ2v) is 5.22. The van der Waals surface area contributed by atoms with Crippen LogP contribution in [0.2, 0.25) is 0 Å². The Morgan fingerprint density at radius 2 is 1.52 bits per heavy atom. The lowest BCUT2D eigenvalue weighted by molar-refractivity contribution is -0.137. The average Bonchev–Trinajstić information content (AvgIpc) is 2.66. The summed E-state index contributed by atoms with van der Waals surface area (Å²) in [6.45, 7) is 0. The Morgan fingerprint density at radius 1 is 0.963 bits per heavy atom. The molecule has 2 rings (SSSR count). The molecule has 0 atom stereocenters. The summed E-state index contributed by atoms with van der Waals surface area (Å²) in [5.74, 6) is 0.675. The lowest BCUT2D eigenvalue weighted by Gasteiger charge is -2.11. The van der Waals surface area contributed by atoms with Crippen molar-refractivity contribution >= 4 is 12.1 Å². The van der Waals surface area contributed by atoms with Crippen LogP contribution in [0, 0.1) is 0 Å². The van der Waals surface area contributed by atoms with Crippen molar-refractivity contribution in [2.75, 3.05) is 21.3 Å². The maximum atomic E-state index is 12.5. The maximum Gasteiger partial charge on any atom is 0.416 e. The summed E-state index contributed by atoms with van der Waals surface area (Å²) in [7, 11) is 4.41. The average molecular weight is 382 g/mol. The number of hydrogen-bond donors (Lipinski definition) is 1. The van der Waals surface area contributed by atoms with Gasteiger partial charge in [-0.25, -0.2) is 5.43 Å². The van der Waals surface area contributed by atoms with Gasteiger partial charge in [0.1, 0.15) is 5.75 Å². The summed E-state index contributed by atoms with van der Waals surface area (Å²) in [5, 5.41) is 3.81. The second-order valence-electron chi connectivity index (χ2n) is 5.22. The Hall–Kier alpha value is -3.23. The monoisotopic (exact) mass is 382 g/mol. The summed E-state index contributed by atoms with van der Waals surface area (Å²) in [5.41, 5.74) is 1.95. The van der Waals surface area contributed by atoms with Gasteiger partial charge < -0.3 is 14.2 Å². The van der Waals surface area contributed by atoms with Crippen molar-refractivity contribution in [1.82, 2.24) is 5.43 Å². The first-order chi connectivity index (χ1) is 12.8. The van der Waals surface area contributed by atoms with Crippen molar-refractivity contribution in [2.24, 2.45) is 5.10 Å². The van der Waals surface area contributed by atoms with Gasteiger partial charge in [0.15, 0.2) is 11.5 Å². The first-order valence-electron chi connectivity index (χ1n) is 7.60. The molecule has 2 aromatic carbocycles. The van der Waals surface area contributed by atoms with Crippen LogP contribution in [0.4, 0.5) is 13.2 Å². The largest absolute Gasteiger partial charge is 0.496 e. The number of ether oxygens (including phenoxy) is 3. The van der Waals surface area contributed by atoms with Gasteiger partial charge in [-0.2, -0.15) is 18.3 Å². The SMILES string of the molecule is COc1cc(OC)c(OC)cc1/C=N/NC(=O)c1ccc(C(F)(F)F)cc1. The molecule has 9 heteroatoms. The van der Waals surface area contributed by atoms with Crippen molar-refractivity contribution in [2.45, 2.75) is 6.18 Å². The molecule has 1 amide bonds. The molecule has 0 spiro atoms. The van der Waals surface area contributed by atoms with Gasteiger partial charge in [-0.15, -0.1) is 0 Å². The summed E-state index contributed by atoms with van der Waals surface area (Å²) >= 11 is 0. The van der Waals surface area contributed by atoms with Gasteiger partial charge in [-0.3, -0.25) is 4.79 Å². The van der Waals surface area contributed by atoms with Crippen LogP contribution in [0.25, 0.3) is 0 Å². The van der Waals surface area contributed by atoms with E-state index in [0.29, 0.717) is 22.8 Å². The first-order valence-corrected chi connectivity index (χ1v) is 7.60. The third-order valence-corrected chi connectivity index (χ3v) is 3.58. The molecule has 27 heavy (non-hydrogen) atoms. The number of nitrogens with one attached hydrogen (secondary N) is 1. The summed E-state index contributed by atoms with van der Waals surface area (Å²) < 4.78 is 53.2. The standard InChI is InChI=1S/C18H17F3N2O4/c1-25-14-9-16(27-3)15(26-2)8-12(14)10-22-23-17(24)11-4-6-13(7-5-11)18(19,20)21/h4-10H,1-3H3,(H,23,24)/b22-10+. The van der Waals surface area contributed by atoms with Crippen molar-refractivity contribution in [3.05, 3.63) is 53.1 Å². The van der Waals surface area contributed by atoms with E-state index in [4.69, 9.17) is 14.2 Å². The molecule has 0 saturated carbocycles. The van der Waals surface area contributed by atoms with Crippen molar-refractivity contribution in [1.29, 1.82) is 0 Å². The van der Waals surface area contributed by atoms with Crippen molar-refractivity contribution in [3.8, 4) is 17.2 Å². The van der Waals surface area contributed by atoms with E-state index in [1.807, 2.05) is 0 Å². The summed E-state index contributed by atoms with van der Waals surface area (Å²) in [6.07, 6.45) is -3.14. The van der Waals surface area contributed by atoms with Gasteiger partial charge in [0, 0.05) is 17.2 Å². The minimum atomic E-state index is -4.46. The maximum absolute atomic E-state index is 12.5. The summed E-state index contributed by atoms with van der Waals surface area (Å²) in [4.78, 5) is 12.0. The number of carbonyl (C=O) groups excluding carboxylic acids is 1. The highest BCUT2D eigenvalue weighted by molar-refractivity contribution is 5.95. The van der Waals surface area contributed by atoms with Crippen LogP contribution in [-0.2, 0) is 6.18 Å². The highest BCUT2D eigenvalue weighted by atomic mass is 19.4. The number of halogens is 3. The Labute approximate surface area is 153 Å². The molecule has 0 bridgehead atoms. The number of alkyl halides is 3. The Bertz CT molecular complexity index is 834. The zero-order valence-corrected chi connectivity index (χ0v) is 14.8. The number of rotatable bonds is 6. The number of methoxy groups -OCH3 is 3. The van der Waals surface area contributed by atoms with Crippen LogP contribution in [0.5, 0.6) is 17.2 Å². The number of hydrogen-bond acceptors (Lipinski definition) is 5. The molecule has 0 fully saturated rings. The fraction of sp³-hybridized carbons (Fsp3) is 0.222. The van der Waals surface area contributed by atoms with Crippen LogP contribution >= 0.6 is 0 Å². The van der Waals surface area contributed by atoms with Gasteiger partial charge >= 0.3 is 6.18 Å². The van der Waals surface area contributed by atoms with Crippen LogP contribution in [0.3, 0.4) is 0 Å². The lowest BCUT2D eigenvalue weighted by Crippen LogP contribution is -2.18. The highest BCUT2D eigenvalue weighted by Gasteiger charge is 2.30.